The number of rotatable bonds is 3. The molecule has 0 spiro atoms. The van der Waals surface area contributed by atoms with E-state index in [9.17, 15) is 9.59 Å². The zero-order chi connectivity index (χ0) is 16.6. The van der Waals surface area contributed by atoms with E-state index in [0.29, 0.717) is 25.0 Å². The van der Waals surface area contributed by atoms with Crippen LogP contribution in [-0.2, 0) is 9.59 Å². The summed E-state index contributed by atoms with van der Waals surface area (Å²) in [5, 5.41) is 2.69. The maximum atomic E-state index is 11.9. The zero-order valence-corrected chi connectivity index (χ0v) is 14.1. The van der Waals surface area contributed by atoms with Gasteiger partial charge in [0.05, 0.1) is 6.04 Å². The third-order valence-electron chi connectivity index (χ3n) is 5.10. The Labute approximate surface area is 137 Å². The quantitative estimate of drug-likeness (QED) is 0.860. The van der Waals surface area contributed by atoms with Gasteiger partial charge in [0.1, 0.15) is 0 Å². The summed E-state index contributed by atoms with van der Waals surface area (Å²) in [7, 11) is 0. The van der Waals surface area contributed by atoms with Crippen LogP contribution in [0.2, 0.25) is 0 Å². The number of piperazine rings is 2. The van der Waals surface area contributed by atoms with Crippen molar-refractivity contribution in [2.24, 2.45) is 0 Å². The molecule has 0 bridgehead atoms. The molecule has 0 aliphatic carbocycles. The van der Waals surface area contributed by atoms with Crippen molar-refractivity contribution >= 4 is 11.8 Å². The Kier molecular flexibility index (Phi) is 4.39. The molecule has 1 N–H and O–H groups in total. The van der Waals surface area contributed by atoms with Gasteiger partial charge in [0.25, 0.3) is 0 Å². The minimum absolute atomic E-state index is 0.0892. The predicted octanol–water partition coefficient (Wildman–Crippen LogP) is 1.51. The molecule has 3 rings (SSSR count). The molecule has 23 heavy (non-hydrogen) atoms. The molecular weight excluding hydrogens is 290 g/mol. The Morgan fingerprint density at radius 3 is 2.35 bits per heavy atom. The fourth-order valence-electron chi connectivity index (χ4n) is 3.46. The van der Waals surface area contributed by atoms with E-state index in [2.05, 4.69) is 55.3 Å². The van der Waals surface area contributed by atoms with Gasteiger partial charge in [-0.2, -0.15) is 0 Å². The largest absolute Gasteiger partial charge is 0.346 e. The molecule has 1 aromatic carbocycles. The molecule has 2 aliphatic heterocycles. The number of nitrogens with zero attached hydrogens (tertiary/aromatic N) is 2. The van der Waals surface area contributed by atoms with Crippen molar-refractivity contribution in [2.45, 2.75) is 38.8 Å². The maximum Gasteiger partial charge on any atom is 0.312 e. The van der Waals surface area contributed by atoms with E-state index in [1.165, 1.54) is 11.1 Å². The highest BCUT2D eigenvalue weighted by Gasteiger charge is 2.38. The predicted molar refractivity (Wildman–Crippen MR) is 89.0 cm³/mol. The van der Waals surface area contributed by atoms with E-state index in [0.717, 1.165) is 13.1 Å². The SMILES string of the molecule is CC(C)c1ccc([C@@H](C)N2CCN3C(=O)C(=O)NC[C@@H]3C2)cc1. The highest BCUT2D eigenvalue weighted by Crippen LogP contribution is 2.26. The second-order valence-corrected chi connectivity index (χ2v) is 6.85. The highest BCUT2D eigenvalue weighted by atomic mass is 16.2. The van der Waals surface area contributed by atoms with E-state index in [4.69, 9.17) is 0 Å². The second kappa shape index (κ2) is 6.32. The van der Waals surface area contributed by atoms with Crippen LogP contribution in [0.3, 0.4) is 0 Å². The molecule has 2 atom stereocenters. The fraction of sp³-hybridized carbons (Fsp3) is 0.556. The van der Waals surface area contributed by atoms with Crippen LogP contribution in [0.25, 0.3) is 0 Å². The van der Waals surface area contributed by atoms with E-state index < -0.39 is 5.91 Å². The Morgan fingerprint density at radius 1 is 1.04 bits per heavy atom. The number of fused-ring (bicyclic) bond motifs is 1. The summed E-state index contributed by atoms with van der Waals surface area (Å²) in [6.07, 6.45) is 0. The molecule has 2 heterocycles. The van der Waals surface area contributed by atoms with Gasteiger partial charge in [0, 0.05) is 32.2 Å². The number of nitrogens with one attached hydrogen (secondary N) is 1. The third kappa shape index (κ3) is 3.11. The normalized spacial score (nSPS) is 23.7. The molecule has 2 amide bonds. The van der Waals surface area contributed by atoms with Crippen LogP contribution in [0.5, 0.6) is 0 Å². The van der Waals surface area contributed by atoms with Crippen LogP contribution in [0.1, 0.15) is 43.9 Å². The van der Waals surface area contributed by atoms with Gasteiger partial charge < -0.3 is 10.2 Å². The number of carbonyl (C=O) groups is 2. The maximum absolute atomic E-state index is 11.9. The third-order valence-corrected chi connectivity index (χ3v) is 5.10. The lowest BCUT2D eigenvalue weighted by Crippen LogP contribution is -2.65. The van der Waals surface area contributed by atoms with Gasteiger partial charge in [-0.25, -0.2) is 0 Å². The smallest absolute Gasteiger partial charge is 0.312 e. The van der Waals surface area contributed by atoms with Gasteiger partial charge in [-0.05, 0) is 24.0 Å². The standard InChI is InChI=1S/C18H25N3O2/c1-12(2)14-4-6-15(7-5-14)13(3)20-8-9-21-16(11-20)10-19-17(22)18(21)23/h4-7,12-13,16H,8-11H2,1-3H3,(H,19,22)/t13-,16-/m1/s1. The molecule has 5 heteroatoms. The molecule has 0 aromatic heterocycles. The van der Waals surface area contributed by atoms with E-state index >= 15 is 0 Å². The number of hydrogen-bond acceptors (Lipinski definition) is 3. The summed E-state index contributed by atoms with van der Waals surface area (Å²) in [6, 6.07) is 9.23. The minimum atomic E-state index is -0.466. The zero-order valence-electron chi connectivity index (χ0n) is 14.1. The summed E-state index contributed by atoms with van der Waals surface area (Å²) < 4.78 is 0. The first kappa shape index (κ1) is 16.0. The number of hydrogen-bond donors (Lipinski definition) is 1. The van der Waals surface area contributed by atoms with Gasteiger partial charge in [-0.1, -0.05) is 38.1 Å². The van der Waals surface area contributed by atoms with Crippen molar-refractivity contribution in [3.63, 3.8) is 0 Å². The summed E-state index contributed by atoms with van der Waals surface area (Å²) >= 11 is 0. The lowest BCUT2D eigenvalue weighted by atomic mass is 9.98. The second-order valence-electron chi connectivity index (χ2n) is 6.85. The summed E-state index contributed by atoms with van der Waals surface area (Å²) in [6.45, 7) is 9.41. The Bertz CT molecular complexity index is 597. The Balaban J connectivity index is 1.68. The van der Waals surface area contributed by atoms with Gasteiger partial charge in [-0.3, -0.25) is 14.5 Å². The molecule has 124 valence electrons. The van der Waals surface area contributed by atoms with Crippen molar-refractivity contribution in [1.29, 1.82) is 0 Å². The first-order valence-electron chi connectivity index (χ1n) is 8.40. The van der Waals surface area contributed by atoms with Crippen molar-refractivity contribution in [1.82, 2.24) is 15.1 Å². The summed E-state index contributed by atoms with van der Waals surface area (Å²) in [5.74, 6) is -0.304. The first-order chi connectivity index (χ1) is 11.0. The molecule has 2 saturated heterocycles. The molecule has 2 aliphatic rings. The molecule has 5 nitrogen and oxygen atoms in total. The Hall–Kier alpha value is -1.88. The summed E-state index contributed by atoms with van der Waals surface area (Å²) in [4.78, 5) is 27.5. The van der Waals surface area contributed by atoms with Crippen molar-refractivity contribution in [3.05, 3.63) is 35.4 Å². The van der Waals surface area contributed by atoms with Gasteiger partial charge in [-0.15, -0.1) is 0 Å². The average molecular weight is 315 g/mol. The van der Waals surface area contributed by atoms with E-state index in [-0.39, 0.29) is 11.9 Å². The molecule has 2 fully saturated rings. The van der Waals surface area contributed by atoms with Crippen LogP contribution in [0, 0.1) is 0 Å². The van der Waals surface area contributed by atoms with Gasteiger partial charge in [0.2, 0.25) is 0 Å². The van der Waals surface area contributed by atoms with Crippen molar-refractivity contribution < 1.29 is 9.59 Å². The van der Waals surface area contributed by atoms with Crippen LogP contribution < -0.4 is 5.32 Å². The highest BCUT2D eigenvalue weighted by molar-refractivity contribution is 6.35. The number of carbonyl (C=O) groups excluding carboxylic acids is 2. The molecule has 0 radical (unpaired) electrons. The number of benzene rings is 1. The molecule has 0 unspecified atom stereocenters. The minimum Gasteiger partial charge on any atom is -0.346 e. The molecule has 1 aromatic rings. The van der Waals surface area contributed by atoms with Gasteiger partial charge >= 0.3 is 11.8 Å². The Morgan fingerprint density at radius 2 is 1.70 bits per heavy atom. The monoisotopic (exact) mass is 315 g/mol. The lowest BCUT2D eigenvalue weighted by Gasteiger charge is -2.45. The fourth-order valence-corrected chi connectivity index (χ4v) is 3.46. The van der Waals surface area contributed by atoms with Crippen molar-refractivity contribution in [3.8, 4) is 0 Å². The van der Waals surface area contributed by atoms with Crippen LogP contribution in [0.4, 0.5) is 0 Å². The van der Waals surface area contributed by atoms with Crippen LogP contribution >= 0.6 is 0 Å². The summed E-state index contributed by atoms with van der Waals surface area (Å²) in [5.41, 5.74) is 2.65. The van der Waals surface area contributed by atoms with E-state index in [1.54, 1.807) is 4.90 Å². The lowest BCUT2D eigenvalue weighted by molar-refractivity contribution is -0.153. The van der Waals surface area contributed by atoms with Gasteiger partial charge in [0.15, 0.2) is 0 Å². The molecular formula is C18H25N3O2. The van der Waals surface area contributed by atoms with Crippen LogP contribution in [0.15, 0.2) is 24.3 Å². The van der Waals surface area contributed by atoms with Crippen molar-refractivity contribution in [2.75, 3.05) is 26.2 Å². The van der Waals surface area contributed by atoms with Crippen LogP contribution in [-0.4, -0.2) is 53.8 Å². The number of amides is 2. The average Bonchev–Trinajstić information content (AvgIpc) is 2.57. The van der Waals surface area contributed by atoms with E-state index in [1.807, 2.05) is 0 Å². The topological polar surface area (TPSA) is 52.7 Å². The molecule has 0 saturated carbocycles. The first-order valence-corrected chi connectivity index (χ1v) is 8.40.